The van der Waals surface area contributed by atoms with Gasteiger partial charge in [0, 0.05) is 11.3 Å². The van der Waals surface area contributed by atoms with Gasteiger partial charge in [-0.05, 0) is 95.1 Å². The zero-order chi connectivity index (χ0) is 24.6. The summed E-state index contributed by atoms with van der Waals surface area (Å²) in [6.45, 7) is 12.0. The van der Waals surface area contributed by atoms with Crippen LogP contribution in [0.15, 0.2) is 53.1 Å². The number of anilines is 1. The summed E-state index contributed by atoms with van der Waals surface area (Å²) in [7, 11) is 0. The van der Waals surface area contributed by atoms with E-state index < -0.39 is 5.97 Å². The summed E-state index contributed by atoms with van der Waals surface area (Å²) in [5.74, 6) is -0.618. The minimum atomic E-state index is -0.395. The third-order valence-corrected chi connectivity index (χ3v) is 6.06. The van der Waals surface area contributed by atoms with Crippen molar-refractivity contribution in [2.24, 2.45) is 5.10 Å². The van der Waals surface area contributed by atoms with Crippen LogP contribution >= 0.6 is 0 Å². The van der Waals surface area contributed by atoms with Crippen molar-refractivity contribution in [1.82, 2.24) is 9.78 Å². The highest BCUT2D eigenvalue weighted by Crippen LogP contribution is 2.28. The van der Waals surface area contributed by atoms with Gasteiger partial charge in [-0.3, -0.25) is 4.79 Å². The van der Waals surface area contributed by atoms with Crippen LogP contribution in [0.1, 0.15) is 52.3 Å². The number of esters is 1. The highest BCUT2D eigenvalue weighted by molar-refractivity contribution is 6.32. The molecule has 0 N–H and O–H groups in total. The summed E-state index contributed by atoms with van der Waals surface area (Å²) in [4.78, 5) is 25.2. The maximum atomic E-state index is 13.2. The fraction of sp³-hybridized carbons (Fsp3) is 0.259. The molecule has 1 amide bonds. The van der Waals surface area contributed by atoms with Gasteiger partial charge in [-0.1, -0.05) is 6.07 Å². The Labute approximate surface area is 199 Å². The van der Waals surface area contributed by atoms with E-state index in [-0.39, 0.29) is 5.91 Å². The van der Waals surface area contributed by atoms with Gasteiger partial charge in [-0.15, -0.1) is 0 Å². The van der Waals surface area contributed by atoms with E-state index >= 15 is 0 Å². The lowest BCUT2D eigenvalue weighted by Gasteiger charge is -2.12. The predicted octanol–water partition coefficient (Wildman–Crippen LogP) is 5.09. The molecule has 1 aliphatic heterocycles. The van der Waals surface area contributed by atoms with Crippen molar-refractivity contribution in [1.29, 1.82) is 0 Å². The van der Waals surface area contributed by atoms with Gasteiger partial charge in [0.1, 0.15) is 0 Å². The largest absolute Gasteiger partial charge is 0.462 e. The fourth-order valence-corrected chi connectivity index (χ4v) is 3.93. The van der Waals surface area contributed by atoms with Gasteiger partial charge in [0.05, 0.1) is 40.5 Å². The lowest BCUT2D eigenvalue weighted by molar-refractivity contribution is -0.114. The Morgan fingerprint density at radius 3 is 2.29 bits per heavy atom. The van der Waals surface area contributed by atoms with E-state index in [1.807, 2.05) is 37.6 Å². The number of ether oxygens (including phenoxy) is 1. The first-order chi connectivity index (χ1) is 16.2. The number of aromatic nitrogens is 2. The molecular formula is C27H28N4O3. The number of hydrogen-bond acceptors (Lipinski definition) is 5. The van der Waals surface area contributed by atoms with Crippen LogP contribution in [0.25, 0.3) is 11.8 Å². The molecule has 0 unspecified atom stereocenters. The molecule has 1 aromatic heterocycles. The molecule has 34 heavy (non-hydrogen) atoms. The van der Waals surface area contributed by atoms with E-state index in [1.54, 1.807) is 31.2 Å². The van der Waals surface area contributed by atoms with Gasteiger partial charge in [0.15, 0.2) is 0 Å². The molecule has 2 heterocycles. The first-order valence-electron chi connectivity index (χ1n) is 11.2. The van der Waals surface area contributed by atoms with Crippen molar-refractivity contribution in [2.45, 2.75) is 41.5 Å². The average molecular weight is 457 g/mol. The Morgan fingerprint density at radius 2 is 1.65 bits per heavy atom. The first-order valence-corrected chi connectivity index (χ1v) is 11.2. The number of amides is 1. The number of nitrogens with zero attached hydrogens (tertiary/aromatic N) is 4. The van der Waals surface area contributed by atoms with E-state index in [1.165, 1.54) is 16.1 Å². The molecule has 0 radical (unpaired) electrons. The average Bonchev–Trinajstić information content (AvgIpc) is 3.26. The van der Waals surface area contributed by atoms with Crippen LogP contribution < -0.4 is 5.01 Å². The molecule has 0 bridgehead atoms. The van der Waals surface area contributed by atoms with Crippen molar-refractivity contribution in [3.8, 4) is 5.69 Å². The number of aryl methyl sites for hydroxylation is 3. The number of rotatable bonds is 5. The highest BCUT2D eigenvalue weighted by atomic mass is 16.5. The molecule has 7 nitrogen and oxygen atoms in total. The quantitative estimate of drug-likeness (QED) is 0.396. The number of benzene rings is 2. The topological polar surface area (TPSA) is 76.8 Å². The second kappa shape index (κ2) is 9.09. The maximum Gasteiger partial charge on any atom is 0.338 e. The predicted molar refractivity (Wildman–Crippen MR) is 133 cm³/mol. The molecule has 3 aromatic rings. The SMILES string of the molecule is CCOC(=O)c1ccc(N2N=C(C)/C(=C/c3c(C)nn(-c4ccc(C)c(C)c4)c3C)C2=O)cc1. The number of carbonyl (C=O) groups is 2. The minimum Gasteiger partial charge on any atom is -0.462 e. The van der Waals surface area contributed by atoms with Gasteiger partial charge in [0.25, 0.3) is 5.91 Å². The normalized spacial score (nSPS) is 14.6. The zero-order valence-corrected chi connectivity index (χ0v) is 20.3. The van der Waals surface area contributed by atoms with Crippen LogP contribution in [0.3, 0.4) is 0 Å². The Hall–Kier alpha value is -4.00. The van der Waals surface area contributed by atoms with E-state index in [2.05, 4.69) is 31.1 Å². The van der Waals surface area contributed by atoms with Crippen LogP contribution in [0.4, 0.5) is 5.69 Å². The molecule has 2 aromatic carbocycles. The van der Waals surface area contributed by atoms with Crippen LogP contribution in [0, 0.1) is 27.7 Å². The molecule has 0 fully saturated rings. The number of hydrazone groups is 1. The Morgan fingerprint density at radius 1 is 0.971 bits per heavy atom. The van der Waals surface area contributed by atoms with Gasteiger partial charge in [0.2, 0.25) is 0 Å². The third-order valence-electron chi connectivity index (χ3n) is 6.06. The van der Waals surface area contributed by atoms with Gasteiger partial charge >= 0.3 is 5.97 Å². The summed E-state index contributed by atoms with van der Waals surface area (Å²) in [6, 6.07) is 12.9. The van der Waals surface area contributed by atoms with Crippen molar-refractivity contribution >= 4 is 29.4 Å². The van der Waals surface area contributed by atoms with Crippen LogP contribution in [-0.2, 0) is 9.53 Å². The molecule has 0 saturated carbocycles. The summed E-state index contributed by atoms with van der Waals surface area (Å²) < 4.78 is 6.93. The monoisotopic (exact) mass is 456 g/mol. The van der Waals surface area contributed by atoms with Crippen LogP contribution in [0.5, 0.6) is 0 Å². The van der Waals surface area contributed by atoms with Crippen LogP contribution in [-0.4, -0.2) is 34.0 Å². The lowest BCUT2D eigenvalue weighted by atomic mass is 10.1. The second-order valence-electron chi connectivity index (χ2n) is 8.39. The minimum absolute atomic E-state index is 0.223. The molecule has 0 aliphatic carbocycles. The van der Waals surface area contributed by atoms with E-state index in [0.29, 0.717) is 29.1 Å². The Kier molecular flexibility index (Phi) is 6.20. The van der Waals surface area contributed by atoms with Crippen molar-refractivity contribution in [3.05, 3.63) is 81.7 Å². The Bertz CT molecular complexity index is 1350. The summed E-state index contributed by atoms with van der Waals surface area (Å²) in [6.07, 6.45) is 1.86. The maximum absolute atomic E-state index is 13.2. The molecule has 7 heteroatoms. The molecule has 4 rings (SSSR count). The van der Waals surface area contributed by atoms with Gasteiger partial charge < -0.3 is 4.74 Å². The molecule has 1 aliphatic rings. The summed E-state index contributed by atoms with van der Waals surface area (Å²) >= 11 is 0. The number of hydrogen-bond donors (Lipinski definition) is 0. The van der Waals surface area contributed by atoms with E-state index in [4.69, 9.17) is 9.84 Å². The summed E-state index contributed by atoms with van der Waals surface area (Å²) in [5.41, 5.74) is 8.24. The Balaban J connectivity index is 1.64. The zero-order valence-electron chi connectivity index (χ0n) is 20.3. The first kappa shape index (κ1) is 23.2. The van der Waals surface area contributed by atoms with Crippen molar-refractivity contribution in [3.63, 3.8) is 0 Å². The molecule has 0 spiro atoms. The van der Waals surface area contributed by atoms with Gasteiger partial charge in [-0.2, -0.15) is 15.2 Å². The third kappa shape index (κ3) is 4.17. The van der Waals surface area contributed by atoms with Gasteiger partial charge in [-0.25, -0.2) is 9.48 Å². The molecule has 0 atom stereocenters. The molecule has 174 valence electrons. The lowest BCUT2D eigenvalue weighted by Crippen LogP contribution is -2.21. The number of carbonyl (C=O) groups excluding carboxylic acids is 2. The highest BCUT2D eigenvalue weighted by Gasteiger charge is 2.29. The fourth-order valence-electron chi connectivity index (χ4n) is 3.93. The molecular weight excluding hydrogens is 428 g/mol. The van der Waals surface area contributed by atoms with E-state index in [9.17, 15) is 9.59 Å². The van der Waals surface area contributed by atoms with Crippen LogP contribution in [0.2, 0.25) is 0 Å². The van der Waals surface area contributed by atoms with E-state index in [0.717, 1.165) is 22.6 Å². The molecule has 0 saturated heterocycles. The van der Waals surface area contributed by atoms with Crippen molar-refractivity contribution < 1.29 is 14.3 Å². The summed E-state index contributed by atoms with van der Waals surface area (Å²) in [5, 5.41) is 10.5. The van der Waals surface area contributed by atoms with Crippen molar-refractivity contribution in [2.75, 3.05) is 11.6 Å². The standard InChI is InChI=1S/C27H28N4O3/c1-7-34-27(33)21-9-12-22(13-10-21)31-26(32)25(19(5)29-31)15-24-18(4)28-30(20(24)6)23-11-8-16(2)17(3)14-23/h8-15H,7H2,1-6H3/b25-15-. The smallest absolute Gasteiger partial charge is 0.338 e. The second-order valence-corrected chi connectivity index (χ2v) is 8.39.